The van der Waals surface area contributed by atoms with Gasteiger partial charge in [-0.3, -0.25) is 9.59 Å². The third kappa shape index (κ3) is 1.09. The second kappa shape index (κ2) is 3.96. The first-order valence-electron chi connectivity index (χ1n) is 4.92. The van der Waals surface area contributed by atoms with Gasteiger partial charge in [0, 0.05) is 0 Å². The molecule has 4 atom stereocenters. The number of halogens is 8. The van der Waals surface area contributed by atoms with Crippen LogP contribution in [-0.2, 0) is 9.59 Å². The summed E-state index contributed by atoms with van der Waals surface area (Å²) in [7, 11) is 0. The van der Waals surface area contributed by atoms with Crippen molar-refractivity contribution in [1.82, 2.24) is 0 Å². The van der Waals surface area contributed by atoms with Gasteiger partial charge < -0.3 is 0 Å². The number of ketones is 2. The molecule has 0 amide bonds. The fraction of sp³-hybridized carbons (Fsp3) is 0.400. The Kier molecular flexibility index (Phi) is 3.17. The van der Waals surface area contributed by atoms with Gasteiger partial charge in [-0.25, -0.2) is 0 Å². The summed E-state index contributed by atoms with van der Waals surface area (Å²) in [6.07, 6.45) is 0. The molecule has 0 aliphatic heterocycles. The molecule has 0 N–H and O–H groups in total. The van der Waals surface area contributed by atoms with Crippen molar-refractivity contribution in [1.29, 1.82) is 0 Å². The Balaban J connectivity index is 2.53. The van der Waals surface area contributed by atoms with Crippen molar-refractivity contribution >= 4 is 104 Å². The number of allylic oxidation sites excluding steroid dienone is 4. The van der Waals surface area contributed by atoms with Gasteiger partial charge in [0.25, 0.3) is 0 Å². The van der Waals surface area contributed by atoms with E-state index in [1.165, 1.54) is 0 Å². The third-order valence-electron chi connectivity index (χ3n) is 3.85. The Morgan fingerprint density at radius 1 is 0.650 bits per heavy atom. The number of carbonyl (C=O) groups is 2. The Bertz CT molecular complexity index is 683. The summed E-state index contributed by atoms with van der Waals surface area (Å²) < 4.78 is 0. The van der Waals surface area contributed by atoms with Crippen molar-refractivity contribution in [2.45, 2.75) is 19.5 Å². The number of carbonyl (C=O) groups excluding carboxylic acids is 2. The van der Waals surface area contributed by atoms with Crippen LogP contribution in [0.2, 0.25) is 0 Å². The van der Waals surface area contributed by atoms with Crippen LogP contribution in [0.4, 0.5) is 0 Å². The average Bonchev–Trinajstić information content (AvgIpc) is 2.70. The van der Waals surface area contributed by atoms with E-state index in [-0.39, 0.29) is 15.1 Å². The van der Waals surface area contributed by atoms with Gasteiger partial charge in [0.1, 0.15) is 9.91 Å². The number of hydrogen-bond acceptors (Lipinski definition) is 2. The molecule has 0 heterocycles. The zero-order valence-corrected chi connectivity index (χ0v) is 14.9. The normalized spacial score (nSPS) is 50.6. The van der Waals surface area contributed by atoms with Crippen molar-refractivity contribution in [3.05, 3.63) is 20.1 Å². The molecule has 0 spiro atoms. The lowest BCUT2D eigenvalue weighted by Crippen LogP contribution is -2.61. The largest absolute Gasteiger partial charge is 0.295 e. The molecule has 4 unspecified atom stereocenters. The molecule has 3 aliphatic carbocycles. The van der Waals surface area contributed by atoms with E-state index in [4.69, 9.17) is 92.8 Å². The van der Waals surface area contributed by atoms with Gasteiger partial charge in [-0.2, -0.15) is 0 Å². The molecule has 108 valence electrons. The molecule has 2 bridgehead atoms. The number of fused-ring (bicyclic) bond motifs is 5. The highest BCUT2D eigenvalue weighted by Gasteiger charge is 2.93. The van der Waals surface area contributed by atoms with Crippen LogP contribution >= 0.6 is 92.8 Å². The fourth-order valence-corrected chi connectivity index (χ4v) is 6.72. The zero-order valence-electron chi connectivity index (χ0n) is 8.84. The van der Waals surface area contributed by atoms with E-state index < -0.39 is 36.1 Å². The van der Waals surface area contributed by atoms with E-state index in [1.807, 2.05) is 0 Å². The lowest BCUT2D eigenvalue weighted by Gasteiger charge is -2.43. The fourth-order valence-electron chi connectivity index (χ4n) is 2.85. The monoisotopic (exact) mass is 432 g/mol. The van der Waals surface area contributed by atoms with Crippen LogP contribution in [0, 0.1) is 0 Å². The lowest BCUT2D eigenvalue weighted by molar-refractivity contribution is -0.122. The van der Waals surface area contributed by atoms with Gasteiger partial charge in [0.15, 0.2) is 20.4 Å². The molecule has 10 heteroatoms. The van der Waals surface area contributed by atoms with Gasteiger partial charge in [0.2, 0.25) is 5.78 Å². The maximum atomic E-state index is 12.5. The van der Waals surface area contributed by atoms with Crippen molar-refractivity contribution < 1.29 is 9.59 Å². The van der Waals surface area contributed by atoms with Crippen molar-refractivity contribution in [2.75, 3.05) is 0 Å². The van der Waals surface area contributed by atoms with E-state index >= 15 is 0 Å². The molecule has 3 aliphatic rings. The molecular weight excluding hydrogens is 436 g/mol. The van der Waals surface area contributed by atoms with Crippen LogP contribution in [-0.4, -0.2) is 31.1 Å². The quantitative estimate of drug-likeness (QED) is 0.527. The third-order valence-corrected chi connectivity index (χ3v) is 9.19. The van der Waals surface area contributed by atoms with Crippen LogP contribution in [0.1, 0.15) is 0 Å². The molecule has 0 saturated heterocycles. The Morgan fingerprint density at radius 2 is 1.05 bits per heavy atom. The predicted octanol–water partition coefficient (Wildman–Crippen LogP) is 4.45. The lowest BCUT2D eigenvalue weighted by atomic mass is 9.82. The first-order valence-corrected chi connectivity index (χ1v) is 7.94. The highest BCUT2D eigenvalue weighted by molar-refractivity contribution is 6.76. The Morgan fingerprint density at radius 3 is 1.50 bits per heavy atom. The minimum absolute atomic E-state index is 0.315. The predicted molar refractivity (Wildman–Crippen MR) is 81.8 cm³/mol. The van der Waals surface area contributed by atoms with Crippen LogP contribution < -0.4 is 0 Å². The molecular formula is C10Cl8O2. The molecule has 1 saturated carbocycles. The number of Topliss-reactive ketones (excluding diaryl/α,β-unsaturated/α-hetero) is 2. The van der Waals surface area contributed by atoms with Crippen LogP contribution in [0.15, 0.2) is 20.1 Å². The van der Waals surface area contributed by atoms with E-state index in [0.717, 1.165) is 0 Å². The maximum Gasteiger partial charge on any atom is 0.201 e. The van der Waals surface area contributed by atoms with Crippen LogP contribution in [0.5, 0.6) is 0 Å². The summed E-state index contributed by atoms with van der Waals surface area (Å²) in [5.74, 6) is -1.82. The summed E-state index contributed by atoms with van der Waals surface area (Å²) in [6.45, 7) is 0. The van der Waals surface area contributed by atoms with E-state index in [0.29, 0.717) is 0 Å². The molecule has 0 aromatic rings. The van der Waals surface area contributed by atoms with Crippen LogP contribution in [0.25, 0.3) is 0 Å². The molecule has 0 aromatic carbocycles. The van der Waals surface area contributed by atoms with Crippen molar-refractivity contribution in [3.8, 4) is 0 Å². The zero-order chi connectivity index (χ0) is 15.5. The topological polar surface area (TPSA) is 34.1 Å². The maximum absolute atomic E-state index is 12.5. The minimum atomic E-state index is -2.24. The smallest absolute Gasteiger partial charge is 0.201 e. The first kappa shape index (κ1) is 16.0. The highest BCUT2D eigenvalue weighted by atomic mass is 35.5. The van der Waals surface area contributed by atoms with Gasteiger partial charge in [0.05, 0.1) is 15.1 Å². The van der Waals surface area contributed by atoms with Gasteiger partial charge in [-0.05, 0) is 0 Å². The summed E-state index contributed by atoms with van der Waals surface area (Å²) >= 11 is 49.0. The van der Waals surface area contributed by atoms with Crippen molar-refractivity contribution in [3.63, 3.8) is 0 Å². The Hall–Kier alpha value is 1.14. The molecule has 0 radical (unpaired) electrons. The van der Waals surface area contributed by atoms with Crippen LogP contribution in [0.3, 0.4) is 0 Å². The molecule has 2 nitrogen and oxygen atoms in total. The van der Waals surface area contributed by atoms with Gasteiger partial charge >= 0.3 is 0 Å². The minimum Gasteiger partial charge on any atom is -0.295 e. The molecule has 3 rings (SSSR count). The Labute approximate surface area is 152 Å². The van der Waals surface area contributed by atoms with Crippen molar-refractivity contribution in [2.24, 2.45) is 0 Å². The second-order valence-corrected chi connectivity index (χ2v) is 8.33. The standard InChI is InChI=1S/C10Cl8O2/c11-1-2(12)9(17)7(15)3(13)4(14)8(16,6(7)20)10(9,18)5(1)19. The van der Waals surface area contributed by atoms with E-state index in [9.17, 15) is 9.59 Å². The summed E-state index contributed by atoms with van der Waals surface area (Å²) in [6, 6.07) is 0. The summed E-state index contributed by atoms with van der Waals surface area (Å²) in [4.78, 5) is 16.2. The molecule has 1 fully saturated rings. The van der Waals surface area contributed by atoms with E-state index in [2.05, 4.69) is 0 Å². The molecule has 0 aromatic heterocycles. The van der Waals surface area contributed by atoms with Gasteiger partial charge in [-0.15, -0.1) is 46.4 Å². The second-order valence-electron chi connectivity index (χ2n) is 4.55. The SMILES string of the molecule is O=C1C2(Cl)C(Cl)=C(Cl)C1(Cl)C1(Cl)C(Cl)=C(Cl)C(=O)C21Cl. The first-order chi connectivity index (χ1) is 8.95. The average molecular weight is 436 g/mol. The van der Waals surface area contributed by atoms with E-state index in [1.54, 1.807) is 0 Å². The molecule has 20 heavy (non-hydrogen) atoms. The highest BCUT2D eigenvalue weighted by Crippen LogP contribution is 2.77. The number of hydrogen-bond donors (Lipinski definition) is 0. The van der Waals surface area contributed by atoms with Gasteiger partial charge in [-0.1, -0.05) is 46.4 Å². The summed E-state index contributed by atoms with van der Waals surface area (Å²) in [5, 5.41) is -1.50. The number of rotatable bonds is 0. The number of alkyl halides is 4. The summed E-state index contributed by atoms with van der Waals surface area (Å²) in [5.41, 5.74) is 0.